The van der Waals surface area contributed by atoms with Crippen molar-refractivity contribution in [1.82, 2.24) is 15.2 Å². The van der Waals surface area contributed by atoms with Crippen molar-refractivity contribution in [2.24, 2.45) is 5.22 Å². The highest BCUT2D eigenvalue weighted by atomic mass is 79.9. The summed E-state index contributed by atoms with van der Waals surface area (Å²) < 4.78 is 0.946. The summed E-state index contributed by atoms with van der Waals surface area (Å²) >= 11 is 3.40. The number of allylic oxidation sites excluding steroid dienone is 1. The van der Waals surface area contributed by atoms with Crippen molar-refractivity contribution in [2.75, 3.05) is 11.9 Å². The molecule has 0 fully saturated rings. The maximum absolute atomic E-state index is 12.1. The Morgan fingerprint density at radius 1 is 1.24 bits per heavy atom. The van der Waals surface area contributed by atoms with Crippen molar-refractivity contribution in [3.8, 4) is 0 Å². The first-order valence-electron chi connectivity index (χ1n) is 8.95. The predicted molar refractivity (Wildman–Crippen MR) is 114 cm³/mol. The van der Waals surface area contributed by atoms with Crippen molar-refractivity contribution in [1.29, 1.82) is 11.1 Å². The Kier molecular flexibility index (Phi) is 11.6. The molecule has 0 aliphatic carbocycles. The lowest BCUT2D eigenvalue weighted by molar-refractivity contribution is -0.115. The number of hydrogen-bond donors (Lipinski definition) is 3. The Morgan fingerprint density at radius 2 is 2.03 bits per heavy atom. The van der Waals surface area contributed by atoms with Gasteiger partial charge in [-0.15, -0.1) is 5.10 Å². The zero-order valence-electron chi connectivity index (χ0n) is 16.1. The van der Waals surface area contributed by atoms with E-state index in [9.17, 15) is 4.79 Å². The van der Waals surface area contributed by atoms with Gasteiger partial charge in [0, 0.05) is 17.2 Å². The number of rotatable bonds is 10. The van der Waals surface area contributed by atoms with Gasteiger partial charge >= 0.3 is 0 Å². The Morgan fingerprint density at radius 3 is 2.66 bits per heavy atom. The molecule has 2 rings (SSSR count). The Balaban J connectivity index is 0.00000204. The van der Waals surface area contributed by atoms with Crippen molar-refractivity contribution in [3.05, 3.63) is 69.3 Å². The molecule has 0 radical (unpaired) electrons. The molecule has 0 atom stereocenters. The quantitative estimate of drug-likeness (QED) is 0.201. The lowest BCUT2D eigenvalue weighted by atomic mass is 10.1. The second-order valence-electron chi connectivity index (χ2n) is 5.97. The molecule has 0 unspecified atom stereocenters. The normalized spacial score (nSPS) is 10.1. The summed E-state index contributed by atoms with van der Waals surface area (Å²) in [5.74, 6) is 0.323. The van der Waals surface area contributed by atoms with Crippen molar-refractivity contribution in [3.63, 3.8) is 0 Å². The molecule has 1 heterocycles. The van der Waals surface area contributed by atoms with Gasteiger partial charge in [-0.1, -0.05) is 45.0 Å². The third kappa shape index (κ3) is 9.65. The summed E-state index contributed by atoms with van der Waals surface area (Å²) in [6, 6.07) is 11.3. The van der Waals surface area contributed by atoms with Gasteiger partial charge in [-0.3, -0.25) is 9.80 Å². The maximum atomic E-state index is 12.1. The summed E-state index contributed by atoms with van der Waals surface area (Å²) in [6.45, 7) is 2.60. The van der Waals surface area contributed by atoms with Gasteiger partial charge in [0.15, 0.2) is 5.82 Å². The average Bonchev–Trinajstić information content (AvgIpc) is 2.73. The molecule has 0 aliphatic rings. The zero-order valence-corrected chi connectivity index (χ0v) is 17.7. The van der Waals surface area contributed by atoms with E-state index < -0.39 is 0 Å². The van der Waals surface area contributed by atoms with Crippen LogP contribution < -0.4 is 5.32 Å². The van der Waals surface area contributed by atoms with E-state index in [2.05, 4.69) is 42.3 Å². The van der Waals surface area contributed by atoms with E-state index in [-0.39, 0.29) is 12.3 Å². The molecule has 3 N–H and O–H groups in total. The Labute approximate surface area is 178 Å². The van der Waals surface area contributed by atoms with Crippen LogP contribution in [-0.4, -0.2) is 27.7 Å². The van der Waals surface area contributed by atoms with E-state index in [1.165, 1.54) is 0 Å². The number of unbranched alkanes of at least 4 members (excludes halogenated alkanes) is 1. The fraction of sp³-hybridized carbons (Fsp3) is 0.316. The van der Waals surface area contributed by atoms with Crippen LogP contribution in [0.2, 0.25) is 0 Å². The smallest absolute Gasteiger partial charge is 0.229 e. The minimum atomic E-state index is -0.127. The van der Waals surface area contributed by atoms with E-state index in [4.69, 9.17) is 10.4 Å². The van der Waals surface area contributed by atoms with Gasteiger partial charge in [-0.2, -0.15) is 15.5 Å². The fourth-order valence-electron chi connectivity index (χ4n) is 2.49. The second-order valence-corrected chi connectivity index (χ2v) is 6.88. The number of aryl methyl sites for hydroxylation is 1. The summed E-state index contributed by atoms with van der Waals surface area (Å²) in [5.41, 5.74) is 13.4. The fourth-order valence-corrected chi connectivity index (χ4v) is 2.94. The van der Waals surface area contributed by atoms with Gasteiger partial charge in [0.2, 0.25) is 5.91 Å². The number of nitrogens with zero attached hydrogens (tertiary/aromatic N) is 4. The van der Waals surface area contributed by atoms with Crippen LogP contribution in [-0.2, 0) is 17.6 Å². The molecule has 9 nitrogen and oxygen atoms in total. The van der Waals surface area contributed by atoms with E-state index >= 15 is 0 Å². The number of nitrogens with one attached hydrogen (secondary N) is 3. The first kappa shape index (κ1) is 24.0. The Bertz CT molecular complexity index is 799. The molecular weight excluding hydrogens is 438 g/mol. The molecule has 1 amide bonds. The zero-order chi connectivity index (χ0) is 21.5. The van der Waals surface area contributed by atoms with E-state index in [1.807, 2.05) is 43.3 Å². The highest BCUT2D eigenvalue weighted by Gasteiger charge is 2.06. The highest BCUT2D eigenvalue weighted by molar-refractivity contribution is 9.10. The molecule has 0 bridgehead atoms. The number of hydrogen-bond acceptors (Lipinski definition) is 7. The van der Waals surface area contributed by atoms with Crippen LogP contribution in [0.3, 0.4) is 0 Å². The maximum Gasteiger partial charge on any atom is 0.229 e. The van der Waals surface area contributed by atoms with Crippen LogP contribution in [0.25, 0.3) is 0 Å². The van der Waals surface area contributed by atoms with Crippen molar-refractivity contribution in [2.45, 2.75) is 32.6 Å². The monoisotopic (exact) mass is 461 g/mol. The number of carbonyl (C=O) groups is 1. The van der Waals surface area contributed by atoms with Crippen LogP contribution in [0.5, 0.6) is 0 Å². The second kappa shape index (κ2) is 14.1. The average molecular weight is 462 g/mol. The molecule has 10 heteroatoms. The predicted octanol–water partition coefficient (Wildman–Crippen LogP) is 4.86. The summed E-state index contributed by atoms with van der Waals surface area (Å²) in [4.78, 5) is 19.6. The van der Waals surface area contributed by atoms with E-state index in [1.54, 1.807) is 17.3 Å². The number of aromatic nitrogens is 2. The summed E-state index contributed by atoms with van der Waals surface area (Å²) in [6.07, 6.45) is 6.53. The lowest BCUT2D eigenvalue weighted by Gasteiger charge is -2.11. The van der Waals surface area contributed by atoms with Crippen LogP contribution in [0.1, 0.15) is 31.0 Å². The topological polar surface area (TPSA) is 135 Å². The first-order chi connectivity index (χ1) is 14.1. The molecule has 1 aromatic carbocycles. The van der Waals surface area contributed by atoms with Crippen LogP contribution in [0, 0.1) is 16.0 Å². The molecule has 154 valence electrons. The van der Waals surface area contributed by atoms with Gasteiger partial charge in [-0.05, 0) is 56.0 Å². The van der Waals surface area contributed by atoms with Gasteiger partial charge in [0.1, 0.15) is 0 Å². The molecule has 2 aromatic rings. The van der Waals surface area contributed by atoms with Crippen molar-refractivity contribution >= 4 is 27.7 Å². The van der Waals surface area contributed by atoms with Crippen molar-refractivity contribution < 1.29 is 4.79 Å². The minimum Gasteiger partial charge on any atom is -0.309 e. The van der Waals surface area contributed by atoms with Crippen LogP contribution in [0.15, 0.2) is 58.4 Å². The van der Waals surface area contributed by atoms with Crippen LogP contribution in [0.4, 0.5) is 5.82 Å². The molecule has 0 saturated heterocycles. The number of nitroso groups, excluding NO2 is 1. The molecule has 0 aliphatic heterocycles. The highest BCUT2D eigenvalue weighted by Crippen LogP contribution is 2.13. The summed E-state index contributed by atoms with van der Waals surface area (Å²) in [7, 11) is 0. The van der Waals surface area contributed by atoms with Gasteiger partial charge in [0.05, 0.1) is 12.1 Å². The van der Waals surface area contributed by atoms with Crippen LogP contribution >= 0.6 is 15.9 Å². The molecule has 1 aromatic heterocycles. The number of amides is 1. The molecule has 29 heavy (non-hydrogen) atoms. The minimum absolute atomic E-state index is 0.127. The SMILES string of the molecule is C/C=C/N(CCCCc1ccc(NC(=O)Cc2cccc(Br)c2)nn1)N=N.N=O. The van der Waals surface area contributed by atoms with E-state index in [0.29, 0.717) is 12.4 Å². The third-order valence-corrected chi connectivity index (χ3v) is 4.25. The molecule has 0 saturated carbocycles. The van der Waals surface area contributed by atoms with E-state index in [0.717, 1.165) is 35.0 Å². The molecular formula is C19H24BrN7O2. The number of carbonyl (C=O) groups excluding carboxylic acids is 1. The summed E-state index contributed by atoms with van der Waals surface area (Å²) in [5, 5.41) is 16.0. The van der Waals surface area contributed by atoms with Gasteiger partial charge < -0.3 is 5.32 Å². The van der Waals surface area contributed by atoms with Gasteiger partial charge in [-0.25, -0.2) is 0 Å². The number of halogens is 1. The number of benzene rings is 1. The molecule has 0 spiro atoms. The Hall–Kier alpha value is -3.01. The standard InChI is InChI=1S/C19H23BrN6O.HNO/c1-2-11-26(25-21)12-4-3-8-17-9-10-18(24-23-17)22-19(27)14-15-6-5-7-16(20)13-15;1-2/h2,5-7,9-11,13,21H,3-4,8,12,14H2,1H3,(H,22,24,27);1H/b11-2+,25-21?;. The van der Waals surface area contributed by atoms with Gasteiger partial charge in [0.25, 0.3) is 0 Å². The lowest BCUT2D eigenvalue weighted by Crippen LogP contribution is -2.16. The third-order valence-electron chi connectivity index (χ3n) is 3.76. The largest absolute Gasteiger partial charge is 0.309 e. The first-order valence-corrected chi connectivity index (χ1v) is 9.74. The number of anilines is 1.